The molecule has 2 rings (SSSR count). The van der Waals surface area contributed by atoms with E-state index >= 15 is 0 Å². The van der Waals surface area contributed by atoms with E-state index in [2.05, 4.69) is 12.2 Å². The predicted octanol–water partition coefficient (Wildman–Crippen LogP) is 1.94. The summed E-state index contributed by atoms with van der Waals surface area (Å²) in [5, 5.41) is 20.6. The highest BCUT2D eigenvalue weighted by Gasteiger charge is 2.47. The molecule has 2 aliphatic rings. The molecule has 2 saturated heterocycles. The van der Waals surface area contributed by atoms with Crippen LogP contribution in [0, 0.1) is 0 Å². The normalized spacial score (nSPS) is 40.1. The number of thiol groups is 1. The Hall–Kier alpha value is 0.260. The van der Waals surface area contributed by atoms with Crippen molar-refractivity contribution in [2.24, 2.45) is 0 Å². The van der Waals surface area contributed by atoms with Gasteiger partial charge in [0, 0.05) is 0 Å². The van der Waals surface area contributed by atoms with Crippen molar-refractivity contribution in [2.45, 2.75) is 103 Å². The van der Waals surface area contributed by atoms with Crippen LogP contribution < -0.4 is 0 Å². The van der Waals surface area contributed by atoms with Crippen LogP contribution in [0.15, 0.2) is 0 Å². The van der Waals surface area contributed by atoms with Gasteiger partial charge in [-0.15, -0.1) is 0 Å². The van der Waals surface area contributed by atoms with Gasteiger partial charge in [-0.3, -0.25) is 9.05 Å². The van der Waals surface area contributed by atoms with Crippen molar-refractivity contribution in [3.05, 3.63) is 0 Å². The van der Waals surface area contributed by atoms with E-state index in [-0.39, 0.29) is 25.4 Å². The fourth-order valence-corrected chi connectivity index (χ4v) is 4.85. The lowest BCUT2D eigenvalue weighted by Crippen LogP contribution is -2.39. The molecular weight excluding hydrogens is 423 g/mol. The lowest BCUT2D eigenvalue weighted by Gasteiger charge is -2.26. The molecule has 2 fully saturated rings. The molecule has 3 unspecified atom stereocenters. The average molecular weight is 459 g/mol. The van der Waals surface area contributed by atoms with E-state index in [1.54, 1.807) is 13.8 Å². The van der Waals surface area contributed by atoms with Gasteiger partial charge in [-0.1, -0.05) is 12.2 Å². The molecule has 9 nitrogen and oxygen atoms in total. The Bertz CT molecular complexity index is 563. The number of hydrogen-bond acceptors (Lipinski definition) is 9. The maximum atomic E-state index is 12.8. The van der Waals surface area contributed by atoms with Gasteiger partial charge in [0.1, 0.15) is 36.6 Å². The molecule has 29 heavy (non-hydrogen) atoms. The minimum Gasteiger partial charge on any atom is -0.388 e. The van der Waals surface area contributed by atoms with Crippen molar-refractivity contribution in [2.75, 3.05) is 13.2 Å². The van der Waals surface area contributed by atoms with E-state index in [0.717, 1.165) is 0 Å². The first kappa shape index (κ1) is 25.5. The third-order valence-electron chi connectivity index (χ3n) is 4.83. The van der Waals surface area contributed by atoms with Crippen molar-refractivity contribution in [3.8, 4) is 0 Å². The summed E-state index contributed by atoms with van der Waals surface area (Å²) < 4.78 is 46.4. The van der Waals surface area contributed by atoms with Crippen molar-refractivity contribution in [1.82, 2.24) is 0 Å². The van der Waals surface area contributed by atoms with Crippen LogP contribution in [0.4, 0.5) is 0 Å². The predicted molar refractivity (Wildman–Crippen MR) is 109 cm³/mol. The molecule has 0 aromatic carbocycles. The highest BCUT2D eigenvalue weighted by Crippen LogP contribution is 2.56. The number of rotatable bonds is 10. The summed E-state index contributed by atoms with van der Waals surface area (Å²) in [6.07, 6.45) is -5.70. The number of aliphatic hydroxyl groups excluding tert-OH is 2. The molecule has 2 aliphatic heterocycles. The van der Waals surface area contributed by atoms with Gasteiger partial charge in [-0.2, -0.15) is 0 Å². The fraction of sp³-hybridized carbons (Fsp3) is 1.00. The molecule has 0 spiro atoms. The third-order valence-corrected chi connectivity index (χ3v) is 6.44. The van der Waals surface area contributed by atoms with Crippen molar-refractivity contribution in [3.63, 3.8) is 0 Å². The molecule has 2 heterocycles. The first-order valence-electron chi connectivity index (χ1n) is 10.0. The van der Waals surface area contributed by atoms with Crippen LogP contribution in [0.5, 0.6) is 0 Å². The van der Waals surface area contributed by atoms with Gasteiger partial charge < -0.3 is 29.2 Å². The molecule has 9 atom stereocenters. The zero-order chi connectivity index (χ0) is 21.9. The van der Waals surface area contributed by atoms with Crippen LogP contribution in [-0.2, 0) is 32.6 Å². The van der Waals surface area contributed by atoms with Crippen LogP contribution in [0.1, 0.15) is 41.5 Å². The minimum atomic E-state index is -3.86. The van der Waals surface area contributed by atoms with Crippen molar-refractivity contribution in [1.29, 1.82) is 0 Å². The van der Waals surface area contributed by atoms with Gasteiger partial charge in [-0.25, -0.2) is 4.57 Å². The highest BCUT2D eigenvalue weighted by atomic mass is 32.7. The molecule has 0 aliphatic carbocycles. The van der Waals surface area contributed by atoms with Crippen molar-refractivity contribution < 1.29 is 42.8 Å². The number of aliphatic hydroxyl groups is 2. The van der Waals surface area contributed by atoms with E-state index in [4.69, 9.17) is 28.0 Å². The molecule has 172 valence electrons. The smallest absolute Gasteiger partial charge is 0.386 e. The second-order valence-corrected chi connectivity index (χ2v) is 11.0. The highest BCUT2D eigenvalue weighted by molar-refractivity contribution is 8.44. The van der Waals surface area contributed by atoms with E-state index in [9.17, 15) is 14.8 Å². The van der Waals surface area contributed by atoms with Crippen LogP contribution in [0.2, 0.25) is 0 Å². The SMILES string of the molecule is CC(C)OC[C@H]1O[C@@H](C)[C@@H](O)C1OP(=O)(S)OC[C@H]1O[C@@H](C)[C@@H](O)C1OC(C)C. The summed E-state index contributed by atoms with van der Waals surface area (Å²) in [6.45, 7) is 7.05. The number of ether oxygens (including phenoxy) is 4. The zero-order valence-corrected chi connectivity index (χ0v) is 19.6. The maximum Gasteiger partial charge on any atom is 0.386 e. The van der Waals surface area contributed by atoms with Gasteiger partial charge in [0.15, 0.2) is 0 Å². The van der Waals surface area contributed by atoms with Gasteiger partial charge >= 0.3 is 6.80 Å². The summed E-state index contributed by atoms with van der Waals surface area (Å²) in [7, 11) is 0. The zero-order valence-electron chi connectivity index (χ0n) is 17.8. The molecule has 0 saturated carbocycles. The monoisotopic (exact) mass is 458 g/mol. The molecule has 11 heteroatoms. The lowest BCUT2D eigenvalue weighted by atomic mass is 10.1. The molecule has 2 N–H and O–H groups in total. The van der Waals surface area contributed by atoms with Crippen molar-refractivity contribution >= 4 is 19.0 Å². The quantitative estimate of drug-likeness (QED) is 0.334. The van der Waals surface area contributed by atoms with Gasteiger partial charge in [0.05, 0.1) is 37.6 Å². The van der Waals surface area contributed by atoms with Crippen LogP contribution in [-0.4, -0.2) is 84.5 Å². The van der Waals surface area contributed by atoms with E-state index in [0.29, 0.717) is 0 Å². The summed E-state index contributed by atoms with van der Waals surface area (Å²) in [4.78, 5) is 0. The molecule has 0 aromatic rings. The molecule has 0 bridgehead atoms. The largest absolute Gasteiger partial charge is 0.388 e. The lowest BCUT2D eigenvalue weighted by molar-refractivity contribution is -0.0775. The van der Waals surface area contributed by atoms with Crippen LogP contribution in [0.3, 0.4) is 0 Å². The Morgan fingerprint density at radius 1 is 0.931 bits per heavy atom. The summed E-state index contributed by atoms with van der Waals surface area (Å²) in [5.74, 6) is 0. The van der Waals surface area contributed by atoms with Gasteiger partial charge in [-0.05, 0) is 41.5 Å². The Kier molecular flexibility index (Phi) is 9.43. The molecule has 0 amide bonds. The Morgan fingerprint density at radius 2 is 1.45 bits per heavy atom. The van der Waals surface area contributed by atoms with Gasteiger partial charge in [0.25, 0.3) is 0 Å². The second-order valence-electron chi connectivity index (χ2n) is 8.11. The molecule has 0 radical (unpaired) electrons. The molecule has 0 aromatic heterocycles. The average Bonchev–Trinajstić information content (AvgIpc) is 3.02. The van der Waals surface area contributed by atoms with Crippen LogP contribution >= 0.6 is 19.0 Å². The fourth-order valence-electron chi connectivity index (χ4n) is 3.36. The minimum absolute atomic E-state index is 0.0304. The van der Waals surface area contributed by atoms with E-state index in [1.807, 2.05) is 27.7 Å². The summed E-state index contributed by atoms with van der Waals surface area (Å²) >= 11 is 4.04. The first-order valence-corrected chi connectivity index (χ1v) is 12.7. The molecular formula is C18H35O9PS. The van der Waals surface area contributed by atoms with Crippen LogP contribution in [0.25, 0.3) is 0 Å². The first-order chi connectivity index (χ1) is 13.4. The Balaban J connectivity index is 1.96. The van der Waals surface area contributed by atoms with E-state index in [1.165, 1.54) is 0 Å². The Labute approximate surface area is 178 Å². The summed E-state index contributed by atoms with van der Waals surface area (Å²) in [5.41, 5.74) is 0. The third kappa shape index (κ3) is 7.14. The second kappa shape index (κ2) is 10.7. The summed E-state index contributed by atoms with van der Waals surface area (Å²) in [6, 6.07) is 0. The maximum absolute atomic E-state index is 12.8. The van der Waals surface area contributed by atoms with Gasteiger partial charge in [0.2, 0.25) is 0 Å². The topological polar surface area (TPSA) is 113 Å². The number of hydrogen-bond donors (Lipinski definition) is 3. The Morgan fingerprint density at radius 3 is 1.97 bits per heavy atom. The standard InChI is InChI=1S/C18H35O9PS/c1-9(2)22-7-13-18(16(20)12(6)25-13)27-28(21,29)23-8-14-17(24-10(3)4)15(19)11(5)26-14/h9-20H,7-8H2,1-6H3,(H,21,29)/t11-,12-,13+,14+,15+,16+,17?,18?,28?/m0/s1. The van der Waals surface area contributed by atoms with E-state index < -0.39 is 55.6 Å².